The number of aryl methyl sites for hydroxylation is 1. The van der Waals surface area contributed by atoms with Crippen molar-refractivity contribution in [2.24, 2.45) is 0 Å². The Hall–Kier alpha value is -2.54. The zero-order valence-corrected chi connectivity index (χ0v) is 15.2. The van der Waals surface area contributed by atoms with Gasteiger partial charge in [0.05, 0.1) is 10.6 Å². The van der Waals surface area contributed by atoms with Gasteiger partial charge >= 0.3 is 6.18 Å². The van der Waals surface area contributed by atoms with Gasteiger partial charge in [-0.1, -0.05) is 23.7 Å². The van der Waals surface area contributed by atoms with Gasteiger partial charge in [0.15, 0.2) is 0 Å². The predicted octanol–water partition coefficient (Wildman–Crippen LogP) is 4.84. The van der Waals surface area contributed by atoms with E-state index in [-0.39, 0.29) is 11.3 Å². The lowest BCUT2D eigenvalue weighted by Gasteiger charge is -2.27. The molecule has 1 aliphatic heterocycles. The largest absolute Gasteiger partial charge is 0.416 e. The van der Waals surface area contributed by atoms with Crippen LogP contribution in [0.1, 0.15) is 17.5 Å². The van der Waals surface area contributed by atoms with E-state index in [1.54, 1.807) is 24.4 Å². The summed E-state index contributed by atoms with van der Waals surface area (Å²) in [5.74, 6) is 0.238. The highest BCUT2D eigenvalue weighted by atomic mass is 35.5. The summed E-state index contributed by atoms with van der Waals surface area (Å²) >= 11 is 6.13. The molecule has 0 saturated heterocycles. The van der Waals surface area contributed by atoms with Crippen molar-refractivity contribution in [3.05, 3.63) is 64.3 Å². The Balaban J connectivity index is 1.70. The lowest BCUT2D eigenvalue weighted by molar-refractivity contribution is -0.138. The molecule has 0 aliphatic carbocycles. The van der Waals surface area contributed by atoms with E-state index in [0.717, 1.165) is 6.07 Å². The lowest BCUT2D eigenvalue weighted by Crippen LogP contribution is -2.32. The first-order valence-electron chi connectivity index (χ1n) is 8.29. The van der Waals surface area contributed by atoms with Crippen molar-refractivity contribution in [3.8, 4) is 0 Å². The molecule has 0 fully saturated rings. The molecule has 0 spiro atoms. The van der Waals surface area contributed by atoms with Gasteiger partial charge in [-0.15, -0.1) is 0 Å². The molecule has 1 amide bonds. The summed E-state index contributed by atoms with van der Waals surface area (Å²) in [5.41, 5.74) is -0.00406. The summed E-state index contributed by atoms with van der Waals surface area (Å²) in [6, 6.07) is 7.24. The van der Waals surface area contributed by atoms with Crippen molar-refractivity contribution in [1.82, 2.24) is 4.98 Å². The van der Waals surface area contributed by atoms with Crippen LogP contribution in [0.15, 0.2) is 48.2 Å². The van der Waals surface area contributed by atoms with Crippen LogP contribution in [0.4, 0.5) is 24.7 Å². The summed E-state index contributed by atoms with van der Waals surface area (Å²) in [5, 5.41) is 3.08. The van der Waals surface area contributed by atoms with Crippen LogP contribution in [0.5, 0.6) is 0 Å². The van der Waals surface area contributed by atoms with E-state index in [4.69, 9.17) is 11.6 Å². The quantitative estimate of drug-likeness (QED) is 0.809. The Labute approximate surface area is 159 Å². The Morgan fingerprint density at radius 1 is 1.30 bits per heavy atom. The fourth-order valence-electron chi connectivity index (χ4n) is 2.89. The van der Waals surface area contributed by atoms with Crippen molar-refractivity contribution < 1.29 is 18.0 Å². The molecule has 3 rings (SSSR count). The summed E-state index contributed by atoms with van der Waals surface area (Å²) < 4.78 is 39.0. The molecular weight excluding hydrogens is 379 g/mol. The van der Waals surface area contributed by atoms with Gasteiger partial charge < -0.3 is 10.2 Å². The molecule has 27 heavy (non-hydrogen) atoms. The number of anilines is 2. The highest BCUT2D eigenvalue weighted by molar-refractivity contribution is 6.32. The van der Waals surface area contributed by atoms with Gasteiger partial charge in [0, 0.05) is 30.5 Å². The summed E-state index contributed by atoms with van der Waals surface area (Å²) in [6.07, 6.45) is -0.639. The fraction of sp³-hybridized carbons (Fsp3) is 0.263. The number of hydrogen-bond acceptors (Lipinski definition) is 3. The van der Waals surface area contributed by atoms with Crippen molar-refractivity contribution in [1.29, 1.82) is 0 Å². The van der Waals surface area contributed by atoms with E-state index in [0.29, 0.717) is 35.9 Å². The Morgan fingerprint density at radius 2 is 2.07 bits per heavy atom. The molecule has 2 aromatic rings. The van der Waals surface area contributed by atoms with Gasteiger partial charge in [-0.2, -0.15) is 13.2 Å². The minimum atomic E-state index is -4.46. The third kappa shape index (κ3) is 4.42. The molecule has 8 heteroatoms. The van der Waals surface area contributed by atoms with E-state index in [1.807, 2.05) is 4.90 Å². The van der Waals surface area contributed by atoms with E-state index >= 15 is 0 Å². The molecular formula is C19H17ClF3N3O. The molecule has 2 heterocycles. The third-order valence-corrected chi connectivity index (χ3v) is 4.64. The number of aromatic nitrogens is 1. The van der Waals surface area contributed by atoms with Crippen LogP contribution in [0, 0.1) is 6.92 Å². The molecule has 1 N–H and O–H groups in total. The van der Waals surface area contributed by atoms with Crippen LogP contribution in [-0.2, 0) is 11.0 Å². The molecule has 0 unspecified atom stereocenters. The topological polar surface area (TPSA) is 45.2 Å². The molecule has 4 nitrogen and oxygen atoms in total. The van der Waals surface area contributed by atoms with Gasteiger partial charge in [0.25, 0.3) is 5.91 Å². The standard InChI is InChI=1S/C19H17ClF3N3O/c1-12-4-5-14(11-15(12)19(21,22)23)25-18(27)13-6-9-26(10-7-13)17-16(20)3-2-8-24-17/h2-6,8,11H,7,9-10H2,1H3,(H,25,27). The zero-order valence-electron chi connectivity index (χ0n) is 14.5. The monoisotopic (exact) mass is 395 g/mol. The van der Waals surface area contributed by atoms with Gasteiger partial charge in [0.1, 0.15) is 5.82 Å². The molecule has 142 valence electrons. The van der Waals surface area contributed by atoms with E-state index < -0.39 is 17.6 Å². The average Bonchev–Trinajstić information content (AvgIpc) is 2.63. The van der Waals surface area contributed by atoms with Gasteiger partial charge in [-0.25, -0.2) is 4.98 Å². The number of hydrogen-bond donors (Lipinski definition) is 1. The Bertz CT molecular complexity index is 896. The number of carbonyl (C=O) groups excluding carboxylic acids is 1. The second kappa shape index (κ2) is 7.60. The number of pyridine rings is 1. The summed E-state index contributed by atoms with van der Waals surface area (Å²) in [7, 11) is 0. The normalized spacial score (nSPS) is 14.7. The number of rotatable bonds is 3. The summed E-state index contributed by atoms with van der Waals surface area (Å²) in [4.78, 5) is 18.6. The van der Waals surface area contributed by atoms with Crippen LogP contribution in [-0.4, -0.2) is 24.0 Å². The summed E-state index contributed by atoms with van der Waals surface area (Å²) in [6.45, 7) is 2.37. The minimum absolute atomic E-state index is 0.111. The molecule has 1 aromatic heterocycles. The first-order chi connectivity index (χ1) is 12.8. The SMILES string of the molecule is Cc1ccc(NC(=O)C2=CCN(c3ncccc3Cl)CC2)cc1C(F)(F)F. The highest BCUT2D eigenvalue weighted by Crippen LogP contribution is 2.33. The van der Waals surface area contributed by atoms with Gasteiger partial charge in [0.2, 0.25) is 0 Å². The number of alkyl halides is 3. The predicted molar refractivity (Wildman–Crippen MR) is 99.0 cm³/mol. The van der Waals surface area contributed by atoms with Crippen LogP contribution < -0.4 is 10.2 Å². The Kier molecular flexibility index (Phi) is 5.41. The lowest BCUT2D eigenvalue weighted by atomic mass is 10.1. The van der Waals surface area contributed by atoms with Gasteiger partial charge in [-0.05, 0) is 43.2 Å². The molecule has 0 bridgehead atoms. The number of nitrogens with zero attached hydrogens (tertiary/aromatic N) is 2. The molecule has 0 atom stereocenters. The number of amides is 1. The van der Waals surface area contributed by atoms with Crippen LogP contribution in [0.25, 0.3) is 0 Å². The zero-order chi connectivity index (χ0) is 19.6. The van der Waals surface area contributed by atoms with Crippen molar-refractivity contribution in [2.45, 2.75) is 19.5 Å². The van der Waals surface area contributed by atoms with Gasteiger partial charge in [-0.3, -0.25) is 4.79 Å². The van der Waals surface area contributed by atoms with Crippen LogP contribution in [0.2, 0.25) is 5.02 Å². The van der Waals surface area contributed by atoms with Crippen molar-refractivity contribution >= 4 is 29.0 Å². The first-order valence-corrected chi connectivity index (χ1v) is 8.67. The molecule has 1 aromatic carbocycles. The van der Waals surface area contributed by atoms with Crippen molar-refractivity contribution in [3.63, 3.8) is 0 Å². The average molecular weight is 396 g/mol. The second-order valence-electron chi connectivity index (χ2n) is 6.22. The molecule has 0 saturated carbocycles. The van der Waals surface area contributed by atoms with E-state index in [1.165, 1.54) is 19.1 Å². The number of benzene rings is 1. The van der Waals surface area contributed by atoms with Crippen LogP contribution in [0.3, 0.4) is 0 Å². The maximum Gasteiger partial charge on any atom is 0.416 e. The Morgan fingerprint density at radius 3 is 2.70 bits per heavy atom. The van der Waals surface area contributed by atoms with E-state index in [2.05, 4.69) is 10.3 Å². The molecule has 0 radical (unpaired) electrons. The molecule has 1 aliphatic rings. The third-order valence-electron chi connectivity index (χ3n) is 4.34. The fourth-order valence-corrected chi connectivity index (χ4v) is 3.14. The van der Waals surface area contributed by atoms with Crippen molar-refractivity contribution in [2.75, 3.05) is 23.3 Å². The number of halogens is 4. The maximum absolute atomic E-state index is 13.0. The minimum Gasteiger partial charge on any atom is -0.351 e. The second-order valence-corrected chi connectivity index (χ2v) is 6.62. The number of carbonyl (C=O) groups is 1. The maximum atomic E-state index is 13.0. The van der Waals surface area contributed by atoms with Crippen LogP contribution >= 0.6 is 11.6 Å². The highest BCUT2D eigenvalue weighted by Gasteiger charge is 2.32. The smallest absolute Gasteiger partial charge is 0.351 e. The first kappa shape index (κ1) is 19.2. The number of nitrogens with one attached hydrogen (secondary N) is 1. The van der Waals surface area contributed by atoms with E-state index in [9.17, 15) is 18.0 Å².